The summed E-state index contributed by atoms with van der Waals surface area (Å²) in [7, 11) is 0. The van der Waals surface area contributed by atoms with Crippen LogP contribution >= 0.6 is 0 Å². The van der Waals surface area contributed by atoms with Crippen LogP contribution < -0.4 is 10.6 Å². The van der Waals surface area contributed by atoms with Crippen LogP contribution in [0, 0.1) is 5.92 Å². The average molecular weight is 254 g/mol. The van der Waals surface area contributed by atoms with Gasteiger partial charge in [0.1, 0.15) is 0 Å². The van der Waals surface area contributed by atoms with Gasteiger partial charge in [-0.05, 0) is 46.0 Å². The van der Waals surface area contributed by atoms with Gasteiger partial charge in [0.25, 0.3) is 0 Å². The van der Waals surface area contributed by atoms with Crippen LogP contribution in [-0.2, 0) is 4.79 Å². The van der Waals surface area contributed by atoms with Gasteiger partial charge in [-0.15, -0.1) is 0 Å². The van der Waals surface area contributed by atoms with Crippen molar-refractivity contribution in [2.45, 2.75) is 84.3 Å². The van der Waals surface area contributed by atoms with E-state index >= 15 is 0 Å². The lowest BCUT2D eigenvalue weighted by atomic mass is 10.0. The highest BCUT2D eigenvalue weighted by Gasteiger charge is 2.27. The fraction of sp³-hybridized carbons (Fsp3) is 0.933. The van der Waals surface area contributed by atoms with Crippen molar-refractivity contribution in [2.75, 3.05) is 0 Å². The molecule has 2 unspecified atom stereocenters. The molecular weight excluding hydrogens is 224 g/mol. The standard InChI is InChI=1S/C15H30N2O/c1-6-13(10-12-8-9-12)16-11(3)14(18)17-15(4,5)7-2/h11-13,16H,6-10H2,1-5H3,(H,17,18). The molecule has 1 saturated carbocycles. The van der Waals surface area contributed by atoms with Crippen molar-refractivity contribution in [3.8, 4) is 0 Å². The number of amides is 1. The van der Waals surface area contributed by atoms with E-state index in [1.54, 1.807) is 0 Å². The Morgan fingerprint density at radius 1 is 1.33 bits per heavy atom. The Kier molecular flexibility index (Phi) is 5.64. The summed E-state index contributed by atoms with van der Waals surface area (Å²) in [6.45, 7) is 10.4. The molecule has 18 heavy (non-hydrogen) atoms. The lowest BCUT2D eigenvalue weighted by Crippen LogP contribution is -2.52. The number of hydrogen-bond acceptors (Lipinski definition) is 2. The highest BCUT2D eigenvalue weighted by Crippen LogP contribution is 2.34. The van der Waals surface area contributed by atoms with Gasteiger partial charge in [0.15, 0.2) is 0 Å². The Labute approximate surface area is 112 Å². The third-order valence-corrected chi connectivity index (χ3v) is 4.03. The molecule has 0 aromatic rings. The van der Waals surface area contributed by atoms with Gasteiger partial charge in [0.05, 0.1) is 6.04 Å². The van der Waals surface area contributed by atoms with Crippen molar-refractivity contribution in [1.82, 2.24) is 10.6 Å². The Bertz CT molecular complexity index is 272. The molecule has 2 atom stereocenters. The van der Waals surface area contributed by atoms with E-state index in [2.05, 4.69) is 38.3 Å². The molecule has 1 aliphatic carbocycles. The zero-order chi connectivity index (χ0) is 13.8. The molecule has 3 heteroatoms. The second-order valence-electron chi connectivity index (χ2n) is 6.40. The highest BCUT2D eigenvalue weighted by molar-refractivity contribution is 5.82. The minimum atomic E-state index is -0.106. The maximum absolute atomic E-state index is 12.1. The first-order chi connectivity index (χ1) is 8.38. The van der Waals surface area contributed by atoms with Crippen molar-refractivity contribution in [1.29, 1.82) is 0 Å². The molecule has 1 amide bonds. The van der Waals surface area contributed by atoms with Gasteiger partial charge in [-0.25, -0.2) is 0 Å². The number of hydrogen-bond donors (Lipinski definition) is 2. The van der Waals surface area contributed by atoms with Crippen LogP contribution in [0.3, 0.4) is 0 Å². The monoisotopic (exact) mass is 254 g/mol. The smallest absolute Gasteiger partial charge is 0.237 e. The quantitative estimate of drug-likeness (QED) is 0.699. The number of rotatable bonds is 8. The maximum atomic E-state index is 12.1. The molecule has 0 heterocycles. The molecule has 1 rings (SSSR count). The molecule has 0 saturated heterocycles. The summed E-state index contributed by atoms with van der Waals surface area (Å²) in [5.74, 6) is 1.03. The summed E-state index contributed by atoms with van der Waals surface area (Å²) in [6, 6.07) is 0.391. The SMILES string of the molecule is CCC(CC1CC1)NC(C)C(=O)NC(C)(C)CC. The van der Waals surface area contributed by atoms with Crippen molar-refractivity contribution in [3.63, 3.8) is 0 Å². The van der Waals surface area contributed by atoms with Crippen LogP contribution in [0.5, 0.6) is 0 Å². The number of carbonyl (C=O) groups excluding carboxylic acids is 1. The Hall–Kier alpha value is -0.570. The Morgan fingerprint density at radius 3 is 2.39 bits per heavy atom. The van der Waals surface area contributed by atoms with Gasteiger partial charge in [0.2, 0.25) is 5.91 Å². The van der Waals surface area contributed by atoms with Crippen LogP contribution in [0.4, 0.5) is 0 Å². The van der Waals surface area contributed by atoms with Crippen LogP contribution in [0.15, 0.2) is 0 Å². The van der Waals surface area contributed by atoms with E-state index < -0.39 is 0 Å². The lowest BCUT2D eigenvalue weighted by molar-refractivity contribution is -0.124. The molecule has 2 N–H and O–H groups in total. The normalized spacial score (nSPS) is 19.4. The first-order valence-electron chi connectivity index (χ1n) is 7.46. The molecule has 0 aliphatic heterocycles. The molecular formula is C15H30N2O. The fourth-order valence-corrected chi connectivity index (χ4v) is 2.07. The maximum Gasteiger partial charge on any atom is 0.237 e. The van der Waals surface area contributed by atoms with E-state index in [9.17, 15) is 4.79 Å². The number of nitrogens with one attached hydrogen (secondary N) is 2. The van der Waals surface area contributed by atoms with Gasteiger partial charge in [-0.1, -0.05) is 26.7 Å². The van der Waals surface area contributed by atoms with Crippen molar-refractivity contribution in [3.05, 3.63) is 0 Å². The van der Waals surface area contributed by atoms with Crippen molar-refractivity contribution < 1.29 is 4.79 Å². The van der Waals surface area contributed by atoms with E-state index in [-0.39, 0.29) is 17.5 Å². The van der Waals surface area contributed by atoms with Crippen LogP contribution in [0.2, 0.25) is 0 Å². The second-order valence-corrected chi connectivity index (χ2v) is 6.40. The van der Waals surface area contributed by atoms with Crippen LogP contribution in [0.25, 0.3) is 0 Å². The van der Waals surface area contributed by atoms with Gasteiger partial charge < -0.3 is 10.6 Å². The summed E-state index contributed by atoms with van der Waals surface area (Å²) in [5.41, 5.74) is -0.106. The predicted octanol–water partition coefficient (Wildman–Crippen LogP) is 2.85. The van der Waals surface area contributed by atoms with Gasteiger partial charge >= 0.3 is 0 Å². The van der Waals surface area contributed by atoms with Gasteiger partial charge in [-0.3, -0.25) is 4.79 Å². The van der Waals surface area contributed by atoms with E-state index in [1.165, 1.54) is 19.3 Å². The summed E-state index contributed by atoms with van der Waals surface area (Å²) in [4.78, 5) is 12.1. The lowest BCUT2D eigenvalue weighted by Gasteiger charge is -2.28. The van der Waals surface area contributed by atoms with E-state index in [1.807, 2.05) is 6.92 Å². The van der Waals surface area contributed by atoms with E-state index in [0.29, 0.717) is 6.04 Å². The summed E-state index contributed by atoms with van der Waals surface area (Å²) in [6.07, 6.45) is 6.03. The molecule has 0 aromatic heterocycles. The summed E-state index contributed by atoms with van der Waals surface area (Å²) < 4.78 is 0. The molecule has 3 nitrogen and oxygen atoms in total. The van der Waals surface area contributed by atoms with Gasteiger partial charge in [-0.2, -0.15) is 0 Å². The molecule has 0 radical (unpaired) electrons. The van der Waals surface area contributed by atoms with E-state index in [0.717, 1.165) is 18.8 Å². The van der Waals surface area contributed by atoms with Crippen LogP contribution in [0.1, 0.15) is 66.7 Å². The zero-order valence-electron chi connectivity index (χ0n) is 12.7. The van der Waals surface area contributed by atoms with Gasteiger partial charge in [0, 0.05) is 11.6 Å². The fourth-order valence-electron chi connectivity index (χ4n) is 2.07. The number of carbonyl (C=O) groups is 1. The van der Waals surface area contributed by atoms with Crippen LogP contribution in [-0.4, -0.2) is 23.5 Å². The first kappa shape index (κ1) is 15.5. The van der Waals surface area contributed by atoms with Crippen molar-refractivity contribution in [2.24, 2.45) is 5.92 Å². The molecule has 0 spiro atoms. The highest BCUT2D eigenvalue weighted by atomic mass is 16.2. The summed E-state index contributed by atoms with van der Waals surface area (Å²) in [5, 5.41) is 6.58. The third kappa shape index (κ3) is 5.38. The molecule has 106 valence electrons. The molecule has 1 fully saturated rings. The third-order valence-electron chi connectivity index (χ3n) is 4.03. The van der Waals surface area contributed by atoms with Crippen molar-refractivity contribution >= 4 is 5.91 Å². The molecule has 1 aliphatic rings. The second kappa shape index (κ2) is 6.55. The minimum absolute atomic E-state index is 0.0977. The Balaban J connectivity index is 2.37. The topological polar surface area (TPSA) is 41.1 Å². The zero-order valence-corrected chi connectivity index (χ0v) is 12.7. The first-order valence-corrected chi connectivity index (χ1v) is 7.46. The average Bonchev–Trinajstić information content (AvgIpc) is 3.11. The predicted molar refractivity (Wildman–Crippen MR) is 76.5 cm³/mol. The molecule has 0 bridgehead atoms. The molecule has 0 aromatic carbocycles. The van der Waals surface area contributed by atoms with E-state index in [4.69, 9.17) is 0 Å². The minimum Gasteiger partial charge on any atom is -0.350 e. The Morgan fingerprint density at radius 2 is 1.94 bits per heavy atom. The summed E-state index contributed by atoms with van der Waals surface area (Å²) >= 11 is 0. The largest absolute Gasteiger partial charge is 0.350 e.